The molecule has 2 N–H and O–H groups in total. The van der Waals surface area contributed by atoms with E-state index in [4.69, 9.17) is 25.8 Å². The minimum atomic E-state index is -0.818. The molecule has 0 radical (unpaired) electrons. The van der Waals surface area contributed by atoms with Crippen LogP contribution in [0, 0.1) is 0 Å². The Balaban J connectivity index is 1.82. The number of amides is 2. The quantitative estimate of drug-likeness (QED) is 0.389. The second-order valence-corrected chi connectivity index (χ2v) is 10.3. The van der Waals surface area contributed by atoms with Crippen molar-refractivity contribution in [2.24, 2.45) is 0 Å². The predicted octanol–water partition coefficient (Wildman–Crippen LogP) is 4.31. The van der Waals surface area contributed by atoms with Gasteiger partial charge < -0.3 is 24.8 Å². The van der Waals surface area contributed by atoms with Gasteiger partial charge >= 0.3 is 5.97 Å². The number of benzene rings is 2. The Bertz CT molecular complexity index is 1210. The van der Waals surface area contributed by atoms with Gasteiger partial charge in [0.15, 0.2) is 17.3 Å². The lowest BCUT2D eigenvalue weighted by atomic mass is 10.0. The molecular formula is C27H31ClN2O7S. The van der Waals surface area contributed by atoms with Crippen molar-refractivity contribution < 1.29 is 33.4 Å². The SMILES string of the molecule is CCOC(=O)CCC(=O)C(C)NC(=O)C[C@@H]1S[C@@H](c2cccc(OC)c2OC)c2cc(Cl)ccc2NC1=O. The van der Waals surface area contributed by atoms with Gasteiger partial charge in [-0.3, -0.25) is 19.2 Å². The largest absolute Gasteiger partial charge is 0.493 e. The molecule has 3 rings (SSSR count). The summed E-state index contributed by atoms with van der Waals surface area (Å²) in [5, 5.41) is 4.84. The lowest BCUT2D eigenvalue weighted by molar-refractivity contribution is -0.144. The smallest absolute Gasteiger partial charge is 0.306 e. The van der Waals surface area contributed by atoms with Crippen LogP contribution >= 0.6 is 23.4 Å². The highest BCUT2D eigenvalue weighted by Gasteiger charge is 2.35. The van der Waals surface area contributed by atoms with Gasteiger partial charge in [-0.15, -0.1) is 11.8 Å². The number of fused-ring (bicyclic) bond motifs is 1. The topological polar surface area (TPSA) is 120 Å². The maximum Gasteiger partial charge on any atom is 0.306 e. The summed E-state index contributed by atoms with van der Waals surface area (Å²) >= 11 is 7.60. The molecule has 0 saturated heterocycles. The molecule has 0 aromatic heterocycles. The Morgan fingerprint density at radius 3 is 2.55 bits per heavy atom. The Kier molecular flexibility index (Phi) is 10.4. The van der Waals surface area contributed by atoms with Crippen molar-refractivity contribution in [2.75, 3.05) is 26.1 Å². The summed E-state index contributed by atoms with van der Waals surface area (Å²) < 4.78 is 16.0. The van der Waals surface area contributed by atoms with Crippen molar-refractivity contribution in [2.45, 2.75) is 49.7 Å². The number of rotatable bonds is 11. The van der Waals surface area contributed by atoms with Crippen molar-refractivity contribution in [1.82, 2.24) is 5.32 Å². The molecule has 2 aromatic rings. The number of carbonyl (C=O) groups is 4. The van der Waals surface area contributed by atoms with E-state index >= 15 is 0 Å². The van der Waals surface area contributed by atoms with Gasteiger partial charge in [-0.25, -0.2) is 0 Å². The van der Waals surface area contributed by atoms with Crippen LogP contribution in [0.25, 0.3) is 0 Å². The average molecular weight is 563 g/mol. The fourth-order valence-electron chi connectivity index (χ4n) is 4.10. The van der Waals surface area contributed by atoms with Crippen LogP contribution in [-0.4, -0.2) is 55.7 Å². The number of para-hydroxylation sites is 1. The van der Waals surface area contributed by atoms with Gasteiger partial charge in [-0.1, -0.05) is 23.7 Å². The molecule has 2 aromatic carbocycles. The molecule has 1 unspecified atom stereocenters. The number of ketones is 1. The third-order valence-corrected chi connectivity index (χ3v) is 7.70. The number of ether oxygens (including phenoxy) is 3. The molecule has 204 valence electrons. The van der Waals surface area contributed by atoms with E-state index in [1.807, 2.05) is 12.1 Å². The van der Waals surface area contributed by atoms with Crippen LogP contribution in [0.2, 0.25) is 5.02 Å². The van der Waals surface area contributed by atoms with Crippen LogP contribution in [-0.2, 0) is 23.9 Å². The Hall–Kier alpha value is -3.24. The molecule has 11 heteroatoms. The van der Waals surface area contributed by atoms with Crippen LogP contribution in [0.15, 0.2) is 36.4 Å². The second-order valence-electron chi connectivity index (χ2n) is 8.57. The maximum atomic E-state index is 13.2. The van der Waals surface area contributed by atoms with E-state index < -0.39 is 28.4 Å². The van der Waals surface area contributed by atoms with Crippen molar-refractivity contribution in [3.8, 4) is 11.5 Å². The summed E-state index contributed by atoms with van der Waals surface area (Å²) in [6, 6.07) is 9.84. The molecule has 0 bridgehead atoms. The Morgan fingerprint density at radius 1 is 1.11 bits per heavy atom. The first-order chi connectivity index (χ1) is 18.2. The molecule has 1 aliphatic heterocycles. The van der Waals surface area contributed by atoms with Crippen LogP contribution in [0.3, 0.4) is 0 Å². The number of Topliss-reactive ketones (excluding diaryl/α,β-unsaturated/α-hetero) is 1. The number of hydrogen-bond donors (Lipinski definition) is 2. The minimum Gasteiger partial charge on any atom is -0.493 e. The molecule has 0 aliphatic carbocycles. The fourth-order valence-corrected chi connectivity index (χ4v) is 5.71. The lowest BCUT2D eigenvalue weighted by Crippen LogP contribution is -2.41. The summed E-state index contributed by atoms with van der Waals surface area (Å²) in [6.45, 7) is 3.47. The van der Waals surface area contributed by atoms with Gasteiger partial charge in [0, 0.05) is 29.1 Å². The summed E-state index contributed by atoms with van der Waals surface area (Å²) in [4.78, 5) is 50.0. The first kappa shape index (κ1) is 29.3. The van der Waals surface area contributed by atoms with E-state index in [9.17, 15) is 19.2 Å². The number of anilines is 1. The number of methoxy groups -OCH3 is 2. The minimum absolute atomic E-state index is 0.0489. The molecule has 9 nitrogen and oxygen atoms in total. The second kappa shape index (κ2) is 13.5. The molecule has 0 saturated carbocycles. The van der Waals surface area contributed by atoms with E-state index in [-0.39, 0.29) is 37.6 Å². The monoisotopic (exact) mass is 562 g/mol. The third kappa shape index (κ3) is 7.20. The van der Waals surface area contributed by atoms with Crippen molar-refractivity contribution in [3.63, 3.8) is 0 Å². The van der Waals surface area contributed by atoms with Crippen LogP contribution < -0.4 is 20.1 Å². The molecule has 38 heavy (non-hydrogen) atoms. The van der Waals surface area contributed by atoms with Gasteiger partial charge in [0.2, 0.25) is 11.8 Å². The van der Waals surface area contributed by atoms with Crippen LogP contribution in [0.4, 0.5) is 5.69 Å². The predicted molar refractivity (Wildman–Crippen MR) is 146 cm³/mol. The van der Waals surface area contributed by atoms with E-state index in [1.54, 1.807) is 45.2 Å². The molecule has 0 spiro atoms. The third-order valence-electron chi connectivity index (χ3n) is 5.97. The summed E-state index contributed by atoms with van der Waals surface area (Å²) in [5.74, 6) is -0.539. The normalized spacial score (nSPS) is 17.3. The van der Waals surface area contributed by atoms with Crippen molar-refractivity contribution in [1.29, 1.82) is 0 Å². The first-order valence-electron chi connectivity index (χ1n) is 12.1. The number of nitrogens with one attached hydrogen (secondary N) is 2. The van der Waals surface area contributed by atoms with Crippen LogP contribution in [0.1, 0.15) is 49.5 Å². The zero-order chi connectivity index (χ0) is 27.8. The highest BCUT2D eigenvalue weighted by Crippen LogP contribution is 2.50. The van der Waals surface area contributed by atoms with Crippen molar-refractivity contribution in [3.05, 3.63) is 52.5 Å². The molecule has 1 aliphatic rings. The number of hydrogen-bond acceptors (Lipinski definition) is 8. The molecule has 1 heterocycles. The number of carbonyl (C=O) groups excluding carboxylic acids is 4. The fraction of sp³-hybridized carbons (Fsp3) is 0.407. The Labute approximate surface area is 230 Å². The standard InChI is InChI=1S/C27H31ClN2O7S/c1-5-37-24(33)12-11-20(31)15(2)29-23(32)14-22-27(34)30-19-10-9-16(28)13-18(19)26(38-22)17-7-6-8-21(35-3)25(17)36-4/h6-10,13,15,22,26H,5,11-12,14H2,1-4H3,(H,29,32)(H,30,34)/t15?,22-,26-/m0/s1. The van der Waals surface area contributed by atoms with Gasteiger partial charge in [0.05, 0.1) is 43.8 Å². The highest BCUT2D eigenvalue weighted by atomic mass is 35.5. The maximum absolute atomic E-state index is 13.2. The van der Waals surface area contributed by atoms with E-state index in [0.29, 0.717) is 22.2 Å². The Morgan fingerprint density at radius 2 is 1.87 bits per heavy atom. The summed E-state index contributed by atoms with van der Waals surface area (Å²) in [7, 11) is 3.08. The number of thioether (sulfide) groups is 1. The van der Waals surface area contributed by atoms with Gasteiger partial charge in [0.25, 0.3) is 0 Å². The molecule has 0 fully saturated rings. The highest BCUT2D eigenvalue weighted by molar-refractivity contribution is 8.01. The number of esters is 1. The first-order valence-corrected chi connectivity index (χ1v) is 13.4. The zero-order valence-corrected chi connectivity index (χ0v) is 23.2. The number of halogens is 1. The lowest BCUT2D eigenvalue weighted by Gasteiger charge is -2.23. The average Bonchev–Trinajstić information content (AvgIpc) is 3.02. The molecule has 3 atom stereocenters. The van der Waals surface area contributed by atoms with Gasteiger partial charge in [-0.2, -0.15) is 0 Å². The van der Waals surface area contributed by atoms with E-state index in [0.717, 1.165) is 11.1 Å². The zero-order valence-electron chi connectivity index (χ0n) is 21.7. The summed E-state index contributed by atoms with van der Waals surface area (Å²) in [5.41, 5.74) is 2.09. The molecular weight excluding hydrogens is 532 g/mol. The van der Waals surface area contributed by atoms with E-state index in [1.165, 1.54) is 18.9 Å². The van der Waals surface area contributed by atoms with Gasteiger partial charge in [-0.05, 0) is 43.7 Å². The molecule has 2 amide bonds. The summed E-state index contributed by atoms with van der Waals surface area (Å²) in [6.07, 6.45) is -0.276. The van der Waals surface area contributed by atoms with Crippen molar-refractivity contribution >= 4 is 52.6 Å². The van der Waals surface area contributed by atoms with Crippen LogP contribution in [0.5, 0.6) is 11.5 Å². The van der Waals surface area contributed by atoms with Gasteiger partial charge in [0.1, 0.15) is 0 Å². The van der Waals surface area contributed by atoms with E-state index in [2.05, 4.69) is 10.6 Å².